The van der Waals surface area contributed by atoms with Crippen LogP contribution in [0.2, 0.25) is 0 Å². The number of amides is 2. The molecule has 2 heterocycles. The number of nitrogens with one attached hydrogen (secondary N) is 2. The molecule has 0 bridgehead atoms. The molecule has 0 aromatic heterocycles. The Morgan fingerprint density at radius 3 is 2.79 bits per heavy atom. The van der Waals surface area contributed by atoms with Crippen LogP contribution in [0, 0.1) is 0 Å². The van der Waals surface area contributed by atoms with Gasteiger partial charge in [-0.15, -0.1) is 0 Å². The summed E-state index contributed by atoms with van der Waals surface area (Å²) >= 11 is 0. The molecule has 19 heavy (non-hydrogen) atoms. The average Bonchev–Trinajstić information content (AvgIpc) is 2.92. The van der Waals surface area contributed by atoms with Gasteiger partial charge in [-0.1, -0.05) is 0 Å². The molecule has 2 rings (SSSR count). The normalized spacial score (nSPS) is 25.1. The van der Waals surface area contributed by atoms with E-state index in [0.717, 1.165) is 32.5 Å². The highest BCUT2D eigenvalue weighted by atomic mass is 16.5. The van der Waals surface area contributed by atoms with Gasteiger partial charge in [-0.05, 0) is 19.8 Å². The SMILES string of the molecule is CC(NC(=O)CC1COCCN1)C(=O)N1CCCC1. The number of hydrogen-bond donors (Lipinski definition) is 2. The summed E-state index contributed by atoms with van der Waals surface area (Å²) in [6, 6.07) is -0.377. The molecule has 2 aliphatic rings. The van der Waals surface area contributed by atoms with Gasteiger partial charge in [0.15, 0.2) is 0 Å². The Bertz CT molecular complexity index is 323. The Morgan fingerprint density at radius 1 is 1.42 bits per heavy atom. The predicted octanol–water partition coefficient (Wildman–Crippen LogP) is -0.508. The fraction of sp³-hybridized carbons (Fsp3) is 0.846. The zero-order chi connectivity index (χ0) is 13.7. The van der Waals surface area contributed by atoms with E-state index in [1.807, 2.05) is 4.90 Å². The van der Waals surface area contributed by atoms with Gasteiger partial charge in [0, 0.05) is 32.1 Å². The molecule has 2 unspecified atom stereocenters. The van der Waals surface area contributed by atoms with Crippen molar-refractivity contribution < 1.29 is 14.3 Å². The molecule has 6 heteroatoms. The first kappa shape index (κ1) is 14.3. The lowest BCUT2D eigenvalue weighted by Crippen LogP contribution is -2.49. The van der Waals surface area contributed by atoms with Gasteiger partial charge < -0.3 is 20.3 Å². The Morgan fingerprint density at radius 2 is 2.16 bits per heavy atom. The van der Waals surface area contributed by atoms with Gasteiger partial charge in [-0.2, -0.15) is 0 Å². The number of carbonyl (C=O) groups excluding carboxylic acids is 2. The van der Waals surface area contributed by atoms with E-state index in [2.05, 4.69) is 10.6 Å². The van der Waals surface area contributed by atoms with E-state index >= 15 is 0 Å². The largest absolute Gasteiger partial charge is 0.378 e. The quantitative estimate of drug-likeness (QED) is 0.721. The summed E-state index contributed by atoms with van der Waals surface area (Å²) in [5.74, 6) is -0.0678. The molecular formula is C13H23N3O3. The summed E-state index contributed by atoms with van der Waals surface area (Å²) in [7, 11) is 0. The van der Waals surface area contributed by atoms with Crippen molar-refractivity contribution in [1.29, 1.82) is 0 Å². The monoisotopic (exact) mass is 269 g/mol. The molecule has 2 atom stereocenters. The molecule has 6 nitrogen and oxygen atoms in total. The number of rotatable bonds is 4. The van der Waals surface area contributed by atoms with Crippen LogP contribution in [0.4, 0.5) is 0 Å². The number of ether oxygens (including phenoxy) is 1. The van der Waals surface area contributed by atoms with E-state index in [1.54, 1.807) is 6.92 Å². The molecule has 0 aromatic rings. The van der Waals surface area contributed by atoms with Crippen LogP contribution in [0.5, 0.6) is 0 Å². The third-order valence-corrected chi connectivity index (χ3v) is 3.60. The zero-order valence-electron chi connectivity index (χ0n) is 11.5. The summed E-state index contributed by atoms with van der Waals surface area (Å²) in [6.45, 7) is 5.42. The maximum absolute atomic E-state index is 12.0. The van der Waals surface area contributed by atoms with Gasteiger partial charge in [-0.25, -0.2) is 0 Å². The van der Waals surface area contributed by atoms with Crippen molar-refractivity contribution in [1.82, 2.24) is 15.5 Å². The molecule has 0 saturated carbocycles. The van der Waals surface area contributed by atoms with E-state index < -0.39 is 6.04 Å². The van der Waals surface area contributed by atoms with Gasteiger partial charge in [-0.3, -0.25) is 9.59 Å². The second-order valence-electron chi connectivity index (χ2n) is 5.25. The molecule has 108 valence electrons. The second kappa shape index (κ2) is 6.86. The fourth-order valence-corrected chi connectivity index (χ4v) is 2.55. The first-order chi connectivity index (χ1) is 9.16. The van der Waals surface area contributed by atoms with E-state index in [0.29, 0.717) is 19.6 Å². The molecule has 0 aromatic carbocycles. The molecule has 0 spiro atoms. The highest BCUT2D eigenvalue weighted by molar-refractivity contribution is 5.87. The number of carbonyl (C=O) groups is 2. The smallest absolute Gasteiger partial charge is 0.244 e. The number of hydrogen-bond acceptors (Lipinski definition) is 4. The topological polar surface area (TPSA) is 70.7 Å². The van der Waals surface area contributed by atoms with Crippen molar-refractivity contribution in [2.45, 2.75) is 38.3 Å². The molecule has 2 aliphatic heterocycles. The summed E-state index contributed by atoms with van der Waals surface area (Å²) in [4.78, 5) is 25.7. The fourth-order valence-electron chi connectivity index (χ4n) is 2.55. The summed E-state index contributed by atoms with van der Waals surface area (Å²) in [5.41, 5.74) is 0. The van der Waals surface area contributed by atoms with E-state index in [-0.39, 0.29) is 17.9 Å². The average molecular weight is 269 g/mol. The highest BCUT2D eigenvalue weighted by Crippen LogP contribution is 2.09. The molecule has 2 fully saturated rings. The molecule has 0 aliphatic carbocycles. The van der Waals surface area contributed by atoms with Crippen molar-refractivity contribution in [3.63, 3.8) is 0 Å². The Balaban J connectivity index is 1.72. The van der Waals surface area contributed by atoms with Gasteiger partial charge in [0.05, 0.1) is 13.2 Å². The van der Waals surface area contributed by atoms with Crippen molar-refractivity contribution in [2.75, 3.05) is 32.8 Å². The minimum Gasteiger partial charge on any atom is -0.378 e. The summed E-state index contributed by atoms with van der Waals surface area (Å²) in [6.07, 6.45) is 2.49. The first-order valence-corrected chi connectivity index (χ1v) is 7.06. The van der Waals surface area contributed by atoms with Crippen molar-refractivity contribution >= 4 is 11.8 Å². The lowest BCUT2D eigenvalue weighted by Gasteiger charge is -2.25. The molecule has 2 saturated heterocycles. The minimum absolute atomic E-state index is 0.0266. The van der Waals surface area contributed by atoms with Crippen LogP contribution in [-0.2, 0) is 14.3 Å². The van der Waals surface area contributed by atoms with Gasteiger partial charge in [0.25, 0.3) is 0 Å². The third kappa shape index (κ3) is 4.18. The molecular weight excluding hydrogens is 246 g/mol. The van der Waals surface area contributed by atoms with Crippen LogP contribution in [0.3, 0.4) is 0 Å². The predicted molar refractivity (Wildman–Crippen MR) is 70.6 cm³/mol. The first-order valence-electron chi connectivity index (χ1n) is 7.06. The van der Waals surface area contributed by atoms with Crippen LogP contribution in [0.1, 0.15) is 26.2 Å². The van der Waals surface area contributed by atoms with E-state index in [9.17, 15) is 9.59 Å². The maximum atomic E-state index is 12.0. The summed E-state index contributed by atoms with van der Waals surface area (Å²) < 4.78 is 5.30. The van der Waals surface area contributed by atoms with E-state index in [4.69, 9.17) is 4.74 Å². The zero-order valence-corrected chi connectivity index (χ0v) is 11.5. The van der Waals surface area contributed by atoms with Gasteiger partial charge in [0.1, 0.15) is 6.04 Å². The van der Waals surface area contributed by atoms with Gasteiger partial charge in [0.2, 0.25) is 11.8 Å². The molecule has 0 radical (unpaired) electrons. The third-order valence-electron chi connectivity index (χ3n) is 3.60. The Hall–Kier alpha value is -1.14. The van der Waals surface area contributed by atoms with Crippen molar-refractivity contribution in [3.05, 3.63) is 0 Å². The van der Waals surface area contributed by atoms with Crippen molar-refractivity contribution in [2.24, 2.45) is 0 Å². The number of nitrogens with zero attached hydrogens (tertiary/aromatic N) is 1. The lowest BCUT2D eigenvalue weighted by atomic mass is 10.1. The van der Waals surface area contributed by atoms with Crippen LogP contribution < -0.4 is 10.6 Å². The Labute approximate surface area is 113 Å². The van der Waals surface area contributed by atoms with Crippen LogP contribution in [-0.4, -0.2) is 61.6 Å². The van der Waals surface area contributed by atoms with Crippen LogP contribution >= 0.6 is 0 Å². The van der Waals surface area contributed by atoms with Crippen LogP contribution in [0.15, 0.2) is 0 Å². The minimum atomic E-state index is -0.435. The molecule has 2 amide bonds. The second-order valence-corrected chi connectivity index (χ2v) is 5.25. The standard InChI is InChI=1S/C13H23N3O3/c1-10(13(18)16-5-2-3-6-16)15-12(17)8-11-9-19-7-4-14-11/h10-11,14H,2-9H2,1H3,(H,15,17). The van der Waals surface area contributed by atoms with Crippen molar-refractivity contribution in [3.8, 4) is 0 Å². The number of morpholine rings is 1. The van der Waals surface area contributed by atoms with Gasteiger partial charge >= 0.3 is 0 Å². The lowest BCUT2D eigenvalue weighted by molar-refractivity contribution is -0.135. The molecule has 2 N–H and O–H groups in total. The van der Waals surface area contributed by atoms with E-state index in [1.165, 1.54) is 0 Å². The maximum Gasteiger partial charge on any atom is 0.244 e. The highest BCUT2D eigenvalue weighted by Gasteiger charge is 2.25. The Kier molecular flexibility index (Phi) is 5.15. The number of likely N-dealkylation sites (tertiary alicyclic amines) is 1. The van der Waals surface area contributed by atoms with Crippen LogP contribution in [0.25, 0.3) is 0 Å². The summed E-state index contributed by atoms with van der Waals surface area (Å²) in [5, 5.41) is 6.00.